The number of hydrogen-bond acceptors (Lipinski definition) is 5. The topological polar surface area (TPSA) is 54.9 Å². The maximum Gasteiger partial charge on any atom is 0.257 e. The number of nitrogens with zero attached hydrogens (tertiary/aromatic N) is 3. The molecular weight excluding hydrogens is 378 g/mol. The Bertz CT molecular complexity index is 1060. The summed E-state index contributed by atoms with van der Waals surface area (Å²) in [5, 5.41) is 1.16. The molecule has 0 saturated carbocycles. The number of carbonyl (C=O) groups excluding carboxylic acids is 1. The van der Waals surface area contributed by atoms with E-state index in [4.69, 9.17) is 14.5 Å². The molecule has 1 aromatic heterocycles. The molecule has 6 heteroatoms. The van der Waals surface area contributed by atoms with E-state index in [1.54, 1.807) is 26.4 Å². The van der Waals surface area contributed by atoms with E-state index in [1.807, 2.05) is 23.1 Å². The molecule has 1 amide bonds. The SMILES string of the molecule is CCc1cc(N2CCN(C(=O)c3cccc(OC)c3OC)CC2)c2ccccc2n1. The van der Waals surface area contributed by atoms with Gasteiger partial charge in [-0.1, -0.05) is 31.2 Å². The number of methoxy groups -OCH3 is 2. The van der Waals surface area contributed by atoms with Crippen LogP contribution in [0.25, 0.3) is 10.9 Å². The molecule has 1 aliphatic rings. The van der Waals surface area contributed by atoms with E-state index in [9.17, 15) is 4.79 Å². The number of ether oxygens (including phenoxy) is 2. The quantitative estimate of drug-likeness (QED) is 0.647. The third-order valence-electron chi connectivity index (χ3n) is 5.65. The number of amides is 1. The first-order valence-electron chi connectivity index (χ1n) is 10.3. The van der Waals surface area contributed by atoms with Crippen molar-refractivity contribution in [1.29, 1.82) is 0 Å². The standard InChI is InChI=1S/C24H27N3O3/c1-4-17-16-21(18-8-5-6-10-20(18)25-17)26-12-14-27(15-13-26)24(28)19-9-7-11-22(29-2)23(19)30-3/h5-11,16H,4,12-15H2,1-3H3. The van der Waals surface area contributed by atoms with Crippen molar-refractivity contribution < 1.29 is 14.3 Å². The van der Waals surface area contributed by atoms with Crippen LogP contribution in [-0.4, -0.2) is 56.2 Å². The van der Waals surface area contributed by atoms with Crippen LogP contribution in [-0.2, 0) is 6.42 Å². The zero-order valence-electron chi connectivity index (χ0n) is 17.7. The summed E-state index contributed by atoms with van der Waals surface area (Å²) < 4.78 is 10.8. The van der Waals surface area contributed by atoms with Crippen LogP contribution in [0.5, 0.6) is 11.5 Å². The summed E-state index contributed by atoms with van der Waals surface area (Å²) in [6.07, 6.45) is 0.895. The molecule has 0 N–H and O–H groups in total. The van der Waals surface area contributed by atoms with Gasteiger partial charge in [-0.15, -0.1) is 0 Å². The maximum absolute atomic E-state index is 13.2. The average molecular weight is 405 g/mol. The van der Waals surface area contributed by atoms with E-state index in [2.05, 4.69) is 30.0 Å². The molecule has 4 rings (SSSR count). The minimum Gasteiger partial charge on any atom is -0.493 e. The molecule has 0 bridgehead atoms. The number of carbonyl (C=O) groups is 1. The number of anilines is 1. The van der Waals surface area contributed by atoms with Gasteiger partial charge in [0.25, 0.3) is 5.91 Å². The molecule has 3 aromatic rings. The van der Waals surface area contributed by atoms with E-state index in [-0.39, 0.29) is 5.91 Å². The van der Waals surface area contributed by atoms with Crippen LogP contribution < -0.4 is 14.4 Å². The molecule has 1 fully saturated rings. The van der Waals surface area contributed by atoms with Crippen LogP contribution in [0.15, 0.2) is 48.5 Å². The first kappa shape index (κ1) is 20.0. The van der Waals surface area contributed by atoms with Crippen LogP contribution in [0, 0.1) is 0 Å². The Morgan fingerprint density at radius 3 is 2.47 bits per heavy atom. The summed E-state index contributed by atoms with van der Waals surface area (Å²) in [4.78, 5) is 22.2. The summed E-state index contributed by atoms with van der Waals surface area (Å²) >= 11 is 0. The van der Waals surface area contributed by atoms with E-state index >= 15 is 0 Å². The molecule has 0 spiro atoms. The number of aryl methyl sites for hydroxylation is 1. The summed E-state index contributed by atoms with van der Waals surface area (Å²) in [5.41, 5.74) is 3.84. The summed E-state index contributed by atoms with van der Waals surface area (Å²) in [5.74, 6) is 1.02. The lowest BCUT2D eigenvalue weighted by Crippen LogP contribution is -2.49. The van der Waals surface area contributed by atoms with E-state index in [0.717, 1.165) is 36.1 Å². The third-order valence-corrected chi connectivity index (χ3v) is 5.65. The lowest BCUT2D eigenvalue weighted by atomic mass is 10.1. The fourth-order valence-electron chi connectivity index (χ4n) is 4.03. The first-order valence-corrected chi connectivity index (χ1v) is 10.3. The average Bonchev–Trinajstić information content (AvgIpc) is 2.82. The summed E-state index contributed by atoms with van der Waals surface area (Å²) in [6.45, 7) is 4.97. The van der Waals surface area contributed by atoms with Crippen molar-refractivity contribution in [3.63, 3.8) is 0 Å². The van der Waals surface area contributed by atoms with Gasteiger partial charge in [-0.2, -0.15) is 0 Å². The monoisotopic (exact) mass is 405 g/mol. The number of aromatic nitrogens is 1. The highest BCUT2D eigenvalue weighted by atomic mass is 16.5. The molecule has 1 saturated heterocycles. The summed E-state index contributed by atoms with van der Waals surface area (Å²) in [7, 11) is 3.14. The van der Waals surface area contributed by atoms with Crippen molar-refractivity contribution in [2.75, 3.05) is 45.3 Å². The van der Waals surface area contributed by atoms with E-state index < -0.39 is 0 Å². The van der Waals surface area contributed by atoms with Gasteiger partial charge in [0.2, 0.25) is 0 Å². The van der Waals surface area contributed by atoms with Gasteiger partial charge in [0.05, 0.1) is 25.3 Å². The number of benzene rings is 2. The van der Waals surface area contributed by atoms with Crippen molar-refractivity contribution in [3.8, 4) is 11.5 Å². The van der Waals surface area contributed by atoms with E-state index in [0.29, 0.717) is 30.2 Å². The van der Waals surface area contributed by atoms with Gasteiger partial charge < -0.3 is 19.3 Å². The highest BCUT2D eigenvalue weighted by molar-refractivity contribution is 5.98. The number of para-hydroxylation sites is 2. The Morgan fingerprint density at radius 2 is 1.77 bits per heavy atom. The fraction of sp³-hybridized carbons (Fsp3) is 0.333. The second-order valence-electron chi connectivity index (χ2n) is 7.32. The molecule has 6 nitrogen and oxygen atoms in total. The largest absolute Gasteiger partial charge is 0.493 e. The first-order chi connectivity index (χ1) is 14.7. The van der Waals surface area contributed by atoms with Gasteiger partial charge in [-0.05, 0) is 30.7 Å². The highest BCUT2D eigenvalue weighted by Crippen LogP contribution is 2.32. The molecule has 156 valence electrons. The van der Waals surface area contributed by atoms with Crippen LogP contribution in [0.2, 0.25) is 0 Å². The van der Waals surface area contributed by atoms with Gasteiger partial charge in [-0.3, -0.25) is 9.78 Å². The Morgan fingerprint density at radius 1 is 1.00 bits per heavy atom. The Labute approximate surface area is 177 Å². The van der Waals surface area contributed by atoms with Gasteiger partial charge >= 0.3 is 0 Å². The van der Waals surface area contributed by atoms with Crippen LogP contribution in [0.4, 0.5) is 5.69 Å². The van der Waals surface area contributed by atoms with Crippen LogP contribution >= 0.6 is 0 Å². The van der Waals surface area contributed by atoms with Crippen molar-refractivity contribution in [1.82, 2.24) is 9.88 Å². The zero-order valence-corrected chi connectivity index (χ0v) is 17.7. The van der Waals surface area contributed by atoms with E-state index in [1.165, 1.54) is 5.69 Å². The Balaban J connectivity index is 1.55. The normalized spacial score (nSPS) is 14.1. The maximum atomic E-state index is 13.2. The number of rotatable bonds is 5. The minimum absolute atomic E-state index is 0.0285. The zero-order chi connectivity index (χ0) is 21.1. The second-order valence-corrected chi connectivity index (χ2v) is 7.32. The molecular formula is C24H27N3O3. The lowest BCUT2D eigenvalue weighted by Gasteiger charge is -2.37. The Kier molecular flexibility index (Phi) is 5.74. The molecule has 2 aromatic carbocycles. The molecule has 0 unspecified atom stereocenters. The number of hydrogen-bond donors (Lipinski definition) is 0. The van der Waals surface area contributed by atoms with Gasteiger partial charge in [-0.25, -0.2) is 0 Å². The molecule has 1 aliphatic heterocycles. The molecule has 30 heavy (non-hydrogen) atoms. The molecule has 0 aliphatic carbocycles. The minimum atomic E-state index is -0.0285. The molecule has 0 radical (unpaired) electrons. The van der Waals surface area contributed by atoms with Crippen LogP contribution in [0.1, 0.15) is 23.0 Å². The Hall–Kier alpha value is -3.28. The van der Waals surface area contributed by atoms with Crippen molar-refractivity contribution in [2.24, 2.45) is 0 Å². The predicted molar refractivity (Wildman–Crippen MR) is 119 cm³/mol. The van der Waals surface area contributed by atoms with Crippen molar-refractivity contribution in [3.05, 3.63) is 59.8 Å². The number of fused-ring (bicyclic) bond motifs is 1. The number of piperazine rings is 1. The highest BCUT2D eigenvalue weighted by Gasteiger charge is 2.26. The van der Waals surface area contributed by atoms with Crippen LogP contribution in [0.3, 0.4) is 0 Å². The van der Waals surface area contributed by atoms with Gasteiger partial charge in [0, 0.05) is 42.9 Å². The van der Waals surface area contributed by atoms with Gasteiger partial charge in [0.15, 0.2) is 11.5 Å². The molecule has 2 heterocycles. The summed E-state index contributed by atoms with van der Waals surface area (Å²) in [6, 6.07) is 15.9. The second kappa shape index (κ2) is 8.61. The molecule has 0 atom stereocenters. The number of pyridine rings is 1. The predicted octanol–water partition coefficient (Wildman–Crippen LogP) is 3.78. The van der Waals surface area contributed by atoms with Crippen molar-refractivity contribution in [2.45, 2.75) is 13.3 Å². The smallest absolute Gasteiger partial charge is 0.257 e. The third kappa shape index (κ3) is 3.65. The fourth-order valence-corrected chi connectivity index (χ4v) is 4.03. The lowest BCUT2D eigenvalue weighted by molar-refractivity contribution is 0.0743. The van der Waals surface area contributed by atoms with Gasteiger partial charge in [0.1, 0.15) is 0 Å². The van der Waals surface area contributed by atoms with Crippen molar-refractivity contribution >= 4 is 22.5 Å².